The maximum atomic E-state index is 13.3. The fourth-order valence-corrected chi connectivity index (χ4v) is 39.6. The predicted octanol–water partition coefficient (Wildman–Crippen LogP) is 24.7. The number of carbonyl (C=O) groups excluding carboxylic acids is 5. The van der Waals surface area contributed by atoms with Crippen LogP contribution in [0.4, 0.5) is 13.2 Å². The van der Waals surface area contributed by atoms with Gasteiger partial charge in [-0.15, -0.1) is 0 Å². The van der Waals surface area contributed by atoms with E-state index in [9.17, 15) is 62.7 Å². The van der Waals surface area contributed by atoms with E-state index in [1.807, 2.05) is 25.0 Å². The predicted molar refractivity (Wildman–Crippen MR) is 553 cm³/mol. The van der Waals surface area contributed by atoms with E-state index in [0.717, 1.165) is 182 Å². The average molecular weight is 1990 g/mol. The van der Waals surface area contributed by atoms with Gasteiger partial charge in [-0.2, -0.15) is 58.8 Å². The van der Waals surface area contributed by atoms with Gasteiger partial charge in [-0.3, -0.25) is 24.0 Å². The molecule has 0 bridgehead atoms. The van der Waals surface area contributed by atoms with E-state index < -0.39 is 41.1 Å². The molecule has 0 aromatic carbocycles. The standard InChI is InChI=1S/C26H36O2S.C23H31ClO2S.C23H36O3S.C22H32F2O2S.C22H33FO2S/c1-25-12-10-20-19-11-14-26(28,13-9-17-3-4-17)15-18(19)5-6-21(20)22(25)7-8-23(25)24(27)16-29-2;1-22-9-7-17-16-8-10-23(26,11-12-24)13-15(16)3-4-18(17)19(22)5-6-20(22)21(25)14-27-2;1-22-10-8-17-16-9-11-23(25,14-26-2)12-15(16)4-5-18(17)19(22)6-7-20(22)21(24)13-27-3;1-21-9-7-15-14-8-10-22(26,20(23)24)11-13(14)3-4-16(15)17(21)5-6-18(21)19(25)12-27-2;1-21-9-7-16-15-8-10-22(25,13-23)11-14(15)3-4-17(16)18(21)5-6-19(21)20(24)12-26-2/h5,17,19-23,28H,3-4,6-8,10-12,14-16H2,1-2H3;3,16-20,26H,4-10,13-14H2,1-2H3;4,16-20,25H,5-14H2,1-3H3;3,14-18,20,26H,4-12H2,1-2H3;3,15-19,25H,4-13H2,1-2H3/t19-,20+,21+,22-,23+,25-,26+;16-,17+,18+,19-,20+,22-,23-;16-,17+,18+,19-,20+,22-,23+;14-,15+,16+,17-,18+,21-,22+;15-,16+,17+,18-,19+,21-,22+/m00000/s1. The van der Waals surface area contributed by atoms with Crippen molar-refractivity contribution in [2.24, 2.45) is 181 Å². The van der Waals surface area contributed by atoms with Crippen LogP contribution in [-0.2, 0) is 28.7 Å². The lowest BCUT2D eigenvalue weighted by Gasteiger charge is -2.54. The van der Waals surface area contributed by atoms with Gasteiger partial charge in [0.1, 0.15) is 52.4 Å². The number of fused-ring (bicyclic) bond motifs is 25. The Bertz CT molecular complexity index is 4660. The summed E-state index contributed by atoms with van der Waals surface area (Å²) in [6, 6.07) is 0. The molecule has 0 aliphatic heterocycles. The van der Waals surface area contributed by atoms with E-state index in [2.05, 4.69) is 94.4 Å². The Morgan fingerprint density at radius 2 is 0.632 bits per heavy atom. The van der Waals surface area contributed by atoms with Gasteiger partial charge in [0.2, 0.25) is 0 Å². The number of alkyl halides is 3. The molecule has 16 saturated carbocycles. The highest BCUT2D eigenvalue weighted by Gasteiger charge is 2.65. The number of carbonyl (C=O) groups is 5. The van der Waals surface area contributed by atoms with Gasteiger partial charge in [-0.05, 0) is 439 Å². The molecule has 16 fully saturated rings. The molecule has 756 valence electrons. The highest BCUT2D eigenvalue weighted by molar-refractivity contribution is 8.00. The third kappa shape index (κ3) is 20.2. The number of rotatable bonds is 19. The van der Waals surface area contributed by atoms with Crippen LogP contribution in [0, 0.1) is 204 Å². The van der Waals surface area contributed by atoms with Crippen LogP contribution in [0.2, 0.25) is 0 Å². The first-order valence-electron chi connectivity index (χ1n) is 54.1. The highest BCUT2D eigenvalue weighted by Crippen LogP contribution is 2.71. The Morgan fingerprint density at radius 3 is 0.912 bits per heavy atom. The molecular weight excluding hydrogens is 1820 g/mol. The first kappa shape index (κ1) is 105. The minimum Gasteiger partial charge on any atom is -0.387 e. The molecule has 0 aromatic heterocycles. The summed E-state index contributed by atoms with van der Waals surface area (Å²) in [7, 11) is 1.69. The third-order valence-electron chi connectivity index (χ3n) is 43.5. The number of halogens is 4. The van der Waals surface area contributed by atoms with Gasteiger partial charge in [0.15, 0.2) is 0 Å². The summed E-state index contributed by atoms with van der Waals surface area (Å²) in [6.07, 6.45) is 61.7. The number of ketones is 5. The molecule has 20 heteroatoms. The van der Waals surface area contributed by atoms with Crippen LogP contribution in [0.1, 0.15) is 304 Å². The molecular formula is C116H168ClF3O11S5. The number of hydrogen-bond donors (Lipinski definition) is 5. The quantitative estimate of drug-likeness (QED) is 0.0605. The van der Waals surface area contributed by atoms with Gasteiger partial charge in [0.25, 0.3) is 6.43 Å². The molecule has 21 aliphatic rings. The Balaban J connectivity index is 0.000000118. The summed E-state index contributed by atoms with van der Waals surface area (Å²) in [4.78, 5) is 63.7. The van der Waals surface area contributed by atoms with E-state index in [-0.39, 0.29) is 57.7 Å². The maximum absolute atomic E-state index is 13.3. The molecule has 5 N–H and O–H groups in total. The van der Waals surface area contributed by atoms with Crippen molar-refractivity contribution in [2.45, 2.75) is 339 Å². The van der Waals surface area contributed by atoms with Crippen LogP contribution in [0.15, 0.2) is 58.2 Å². The molecule has 0 radical (unpaired) electrons. The normalized spacial score (nSPS) is 46.3. The van der Waals surface area contributed by atoms with Crippen LogP contribution < -0.4 is 0 Å². The third-order valence-corrected chi connectivity index (χ3v) is 46.5. The van der Waals surface area contributed by atoms with Crippen LogP contribution in [-0.4, -0.2) is 169 Å². The van der Waals surface area contributed by atoms with Gasteiger partial charge in [0.05, 0.1) is 46.6 Å². The minimum absolute atomic E-state index is 0.123. The molecule has 136 heavy (non-hydrogen) atoms. The summed E-state index contributed by atoms with van der Waals surface area (Å²) >= 11 is 13.9. The van der Waals surface area contributed by atoms with Crippen molar-refractivity contribution in [3.8, 4) is 23.1 Å². The van der Waals surface area contributed by atoms with Gasteiger partial charge in [-0.25, -0.2) is 13.2 Å². The monoisotopic (exact) mass is 1990 g/mol. The van der Waals surface area contributed by atoms with E-state index in [0.29, 0.717) is 191 Å². The van der Waals surface area contributed by atoms with Gasteiger partial charge >= 0.3 is 0 Å². The Hall–Kier alpha value is -2.24. The van der Waals surface area contributed by atoms with Crippen LogP contribution >= 0.6 is 70.4 Å². The number of thioether (sulfide) groups is 5. The lowest BCUT2D eigenvalue weighted by molar-refractivity contribution is -0.128. The number of methoxy groups -OCH3 is 1. The summed E-state index contributed by atoms with van der Waals surface area (Å²) in [6.45, 7) is 11.9. The zero-order valence-corrected chi connectivity index (χ0v) is 89.2. The molecule has 21 aliphatic carbocycles. The molecule has 0 unspecified atom stereocenters. The average Bonchev–Trinajstić information content (AvgIpc) is 1.66. The molecule has 0 aromatic rings. The molecule has 0 heterocycles. The highest BCUT2D eigenvalue weighted by atomic mass is 35.5. The molecule has 35 atom stereocenters. The van der Waals surface area contributed by atoms with Crippen LogP contribution in [0.3, 0.4) is 0 Å². The molecule has 0 amide bonds. The second kappa shape index (κ2) is 42.5. The zero-order valence-electron chi connectivity index (χ0n) is 84.4. The zero-order chi connectivity index (χ0) is 96.6. The second-order valence-corrected chi connectivity index (χ2v) is 54.5. The van der Waals surface area contributed by atoms with Crippen molar-refractivity contribution in [2.75, 3.05) is 80.4 Å². The van der Waals surface area contributed by atoms with Crippen LogP contribution in [0.25, 0.3) is 0 Å². The van der Waals surface area contributed by atoms with Crippen molar-refractivity contribution in [3.05, 3.63) is 58.2 Å². The van der Waals surface area contributed by atoms with E-state index in [1.165, 1.54) is 112 Å². The largest absolute Gasteiger partial charge is 0.387 e. The maximum Gasteiger partial charge on any atom is 0.267 e. The fourth-order valence-electron chi connectivity index (χ4n) is 36.9. The minimum atomic E-state index is -2.66. The van der Waals surface area contributed by atoms with Crippen molar-refractivity contribution < 1.29 is 67.4 Å². The van der Waals surface area contributed by atoms with Gasteiger partial charge < -0.3 is 30.3 Å². The van der Waals surface area contributed by atoms with Crippen LogP contribution in [0.5, 0.6) is 0 Å². The molecule has 0 saturated heterocycles. The number of aliphatic hydroxyl groups is 5. The number of hydrogen-bond acceptors (Lipinski definition) is 16. The van der Waals surface area contributed by atoms with Crippen molar-refractivity contribution in [3.63, 3.8) is 0 Å². The molecule has 21 rings (SSSR count). The number of allylic oxidation sites excluding steroid dienone is 5. The summed E-state index contributed by atoms with van der Waals surface area (Å²) in [5.41, 5.74) is 2.52. The number of Topliss-reactive ketones (excluding diaryl/α,β-unsaturated/α-hetero) is 5. The Morgan fingerprint density at radius 1 is 0.360 bits per heavy atom. The first-order valence-corrected chi connectivity index (χ1v) is 61.5. The lowest BCUT2D eigenvalue weighted by Crippen LogP contribution is -2.50. The number of ether oxygens (including phenoxy) is 1. The molecule has 11 nitrogen and oxygen atoms in total. The summed E-state index contributed by atoms with van der Waals surface area (Å²) in [5, 5.41) is 55.7. The SMILES string of the molecule is COC[C@@]1(O)CC[C@H]2C(=CC[C@@H]3[C@@H]2CC[C@]2(C)[C@@H](C(=O)CSC)CC[C@@H]32)C1.CSCC(=O)[C@H]1CC[C@H]2[C@@H]3CC=C4C[C@@](O)(C#CC5CC5)CC[C@@H]4[C@H]3CC[C@]12C.CSCC(=O)[C@H]1CC[C@H]2[C@@H]3CC=C4C[C@@](O)(C#CCl)CC[C@@H]4[C@H]3CC[C@]12C.CSCC(=O)[C@H]1CC[C@H]2[C@@H]3CC=C4C[C@@](O)(C(F)F)CC[C@@H]4[C@H]3CC[C@]12C.CSCC(=O)[C@H]1CC[C@H]2[C@@H]3CC=C4C[C@@](O)(CF)CC[C@@H]4[C@H]3CC[C@]12C. The summed E-state index contributed by atoms with van der Waals surface area (Å²) in [5.74, 6) is 30.2. The van der Waals surface area contributed by atoms with E-state index in [1.54, 1.807) is 65.9 Å². The van der Waals surface area contributed by atoms with E-state index in [4.69, 9.17) is 16.3 Å². The van der Waals surface area contributed by atoms with Gasteiger partial charge in [0, 0.05) is 67.3 Å². The Labute approximate surface area is 841 Å². The molecule has 0 spiro atoms. The van der Waals surface area contributed by atoms with Gasteiger partial charge in [-0.1, -0.05) is 111 Å². The smallest absolute Gasteiger partial charge is 0.267 e. The first-order chi connectivity index (χ1) is 65.0. The van der Waals surface area contributed by atoms with E-state index >= 15 is 0 Å². The van der Waals surface area contributed by atoms with Crippen molar-refractivity contribution in [1.29, 1.82) is 0 Å². The topological polar surface area (TPSA) is 196 Å². The fraction of sp³-hybridized carbons (Fsp3) is 0.836. The Kier molecular flexibility index (Phi) is 32.9. The lowest BCUT2D eigenvalue weighted by atomic mass is 9.51. The van der Waals surface area contributed by atoms with Crippen molar-refractivity contribution in [1.82, 2.24) is 0 Å². The summed E-state index contributed by atoms with van der Waals surface area (Å²) < 4.78 is 45.1. The van der Waals surface area contributed by atoms with Crippen molar-refractivity contribution >= 4 is 99.3 Å². The second-order valence-electron chi connectivity index (χ2n) is 50.0.